The molecule has 0 aliphatic rings. The smallest absolute Gasteiger partial charge is 0.123 e. The molecule has 1 rings (SSSR count). The first-order valence-electron chi connectivity index (χ1n) is 6.22. The summed E-state index contributed by atoms with van der Waals surface area (Å²) in [5.41, 5.74) is 7.64. The lowest BCUT2D eigenvalue weighted by Gasteiger charge is -2.16. The normalized spacial score (nSPS) is 14.6. The van der Waals surface area contributed by atoms with Crippen LogP contribution in [0.3, 0.4) is 0 Å². The molecule has 2 atom stereocenters. The summed E-state index contributed by atoms with van der Waals surface area (Å²) in [5, 5.41) is 0.199. The summed E-state index contributed by atoms with van der Waals surface area (Å²) in [6.45, 7) is 6.68. The van der Waals surface area contributed by atoms with Crippen LogP contribution in [0.4, 0.5) is 0 Å². The van der Waals surface area contributed by atoms with Crippen LogP contribution < -0.4 is 10.5 Å². The number of rotatable bonds is 6. The van der Waals surface area contributed by atoms with Crippen LogP contribution in [0.1, 0.15) is 31.9 Å². The Kier molecular flexibility index (Phi) is 5.82. The monoisotopic (exact) mass is 269 g/mol. The molecule has 0 radical (unpaired) electrons. The van der Waals surface area contributed by atoms with E-state index < -0.39 is 10.8 Å². The minimum atomic E-state index is -0.851. The lowest BCUT2D eigenvalue weighted by Crippen LogP contribution is -2.19. The van der Waals surface area contributed by atoms with E-state index in [4.69, 9.17) is 10.5 Å². The molecule has 0 fully saturated rings. The average molecular weight is 269 g/mol. The van der Waals surface area contributed by atoms with Gasteiger partial charge in [0.25, 0.3) is 0 Å². The third-order valence-corrected chi connectivity index (χ3v) is 5.23. The maximum absolute atomic E-state index is 12.2. The van der Waals surface area contributed by atoms with Gasteiger partial charge in [-0.15, -0.1) is 0 Å². The second-order valence-electron chi connectivity index (χ2n) is 4.82. The van der Waals surface area contributed by atoms with E-state index in [-0.39, 0.29) is 5.25 Å². The standard InChI is InChI=1S/C14H23NO2S/c1-10(2)11(3)18(16)9-12-5-6-13(8-15)14(7-12)17-4/h5-7,10-11H,8-9,15H2,1-4H3. The van der Waals surface area contributed by atoms with Gasteiger partial charge < -0.3 is 10.5 Å². The summed E-state index contributed by atoms with van der Waals surface area (Å²) in [4.78, 5) is 0. The molecule has 3 nitrogen and oxygen atoms in total. The number of ether oxygens (including phenoxy) is 1. The minimum Gasteiger partial charge on any atom is -0.496 e. The summed E-state index contributed by atoms with van der Waals surface area (Å²) in [6, 6.07) is 5.87. The van der Waals surface area contributed by atoms with Crippen LogP contribution in [0, 0.1) is 5.92 Å². The Labute approximate surface area is 112 Å². The van der Waals surface area contributed by atoms with Crippen LogP contribution in [0.15, 0.2) is 18.2 Å². The van der Waals surface area contributed by atoms with Gasteiger partial charge in [-0.3, -0.25) is 4.21 Å². The van der Waals surface area contributed by atoms with Gasteiger partial charge in [-0.05, 0) is 17.5 Å². The second-order valence-corrected chi connectivity index (χ2v) is 6.62. The van der Waals surface area contributed by atoms with E-state index in [0.717, 1.165) is 16.9 Å². The van der Waals surface area contributed by atoms with E-state index in [2.05, 4.69) is 13.8 Å². The molecule has 0 heterocycles. The lowest BCUT2D eigenvalue weighted by molar-refractivity contribution is 0.409. The lowest BCUT2D eigenvalue weighted by atomic mass is 10.1. The molecular formula is C14H23NO2S. The zero-order valence-electron chi connectivity index (χ0n) is 11.6. The quantitative estimate of drug-likeness (QED) is 0.863. The van der Waals surface area contributed by atoms with Crippen LogP contribution in [0.25, 0.3) is 0 Å². The van der Waals surface area contributed by atoms with E-state index in [1.54, 1.807) is 7.11 Å². The van der Waals surface area contributed by atoms with Crippen molar-refractivity contribution >= 4 is 10.8 Å². The fraction of sp³-hybridized carbons (Fsp3) is 0.571. The zero-order valence-corrected chi connectivity index (χ0v) is 12.4. The third kappa shape index (κ3) is 3.82. The van der Waals surface area contributed by atoms with E-state index in [0.29, 0.717) is 18.2 Å². The van der Waals surface area contributed by atoms with Crippen molar-refractivity contribution in [3.8, 4) is 5.75 Å². The molecule has 4 heteroatoms. The molecule has 102 valence electrons. The molecule has 0 bridgehead atoms. The van der Waals surface area contributed by atoms with Gasteiger partial charge in [0, 0.05) is 33.9 Å². The van der Waals surface area contributed by atoms with Crippen LogP contribution >= 0.6 is 0 Å². The first kappa shape index (κ1) is 15.2. The van der Waals surface area contributed by atoms with Crippen molar-refractivity contribution in [1.82, 2.24) is 0 Å². The van der Waals surface area contributed by atoms with Gasteiger partial charge in [0.15, 0.2) is 0 Å². The summed E-state index contributed by atoms with van der Waals surface area (Å²) >= 11 is 0. The van der Waals surface area contributed by atoms with Gasteiger partial charge in [0.2, 0.25) is 0 Å². The van der Waals surface area contributed by atoms with Crippen molar-refractivity contribution in [2.75, 3.05) is 7.11 Å². The fourth-order valence-corrected chi connectivity index (χ4v) is 3.02. The molecule has 2 unspecified atom stereocenters. The van der Waals surface area contributed by atoms with Crippen LogP contribution in [-0.2, 0) is 23.1 Å². The molecule has 0 saturated heterocycles. The fourth-order valence-electron chi connectivity index (χ4n) is 1.65. The van der Waals surface area contributed by atoms with Crippen molar-refractivity contribution in [1.29, 1.82) is 0 Å². The molecule has 1 aromatic carbocycles. The van der Waals surface area contributed by atoms with Crippen molar-refractivity contribution in [3.63, 3.8) is 0 Å². The molecule has 0 amide bonds. The van der Waals surface area contributed by atoms with Crippen LogP contribution in [-0.4, -0.2) is 16.6 Å². The molecule has 0 saturated carbocycles. The highest BCUT2D eigenvalue weighted by Gasteiger charge is 2.16. The summed E-state index contributed by atoms with van der Waals surface area (Å²) in [5.74, 6) is 1.78. The van der Waals surface area contributed by atoms with Gasteiger partial charge >= 0.3 is 0 Å². The Morgan fingerprint density at radius 2 is 2.00 bits per heavy atom. The molecule has 1 aromatic rings. The summed E-state index contributed by atoms with van der Waals surface area (Å²) < 4.78 is 17.4. The highest BCUT2D eigenvalue weighted by atomic mass is 32.2. The zero-order chi connectivity index (χ0) is 13.7. The Morgan fingerprint density at radius 1 is 1.33 bits per heavy atom. The highest BCUT2D eigenvalue weighted by molar-refractivity contribution is 7.84. The van der Waals surface area contributed by atoms with Gasteiger partial charge in [0.1, 0.15) is 5.75 Å². The highest BCUT2D eigenvalue weighted by Crippen LogP contribution is 2.22. The van der Waals surface area contributed by atoms with Gasteiger partial charge in [-0.2, -0.15) is 0 Å². The van der Waals surface area contributed by atoms with Gasteiger partial charge in [-0.25, -0.2) is 0 Å². The van der Waals surface area contributed by atoms with Crippen molar-refractivity contribution < 1.29 is 8.95 Å². The Hall–Kier alpha value is -0.870. The van der Waals surface area contributed by atoms with Gasteiger partial charge in [-0.1, -0.05) is 32.9 Å². The Bertz CT molecular complexity index is 418. The second kappa shape index (κ2) is 6.90. The van der Waals surface area contributed by atoms with E-state index in [9.17, 15) is 4.21 Å². The van der Waals surface area contributed by atoms with E-state index in [1.165, 1.54) is 0 Å². The first-order chi connectivity index (χ1) is 8.49. The molecule has 0 aromatic heterocycles. The molecule has 2 N–H and O–H groups in total. The third-order valence-electron chi connectivity index (χ3n) is 3.23. The number of benzene rings is 1. The van der Waals surface area contributed by atoms with Crippen LogP contribution in [0.5, 0.6) is 5.75 Å². The van der Waals surface area contributed by atoms with E-state index >= 15 is 0 Å². The predicted octanol–water partition coefficient (Wildman–Crippen LogP) is 2.45. The Morgan fingerprint density at radius 3 is 2.50 bits per heavy atom. The number of hydrogen-bond donors (Lipinski definition) is 1. The molecule has 0 spiro atoms. The van der Waals surface area contributed by atoms with Crippen molar-refractivity contribution in [3.05, 3.63) is 29.3 Å². The summed E-state index contributed by atoms with van der Waals surface area (Å²) in [7, 11) is 0.779. The summed E-state index contributed by atoms with van der Waals surface area (Å²) in [6.07, 6.45) is 0. The Balaban J connectivity index is 2.82. The number of hydrogen-bond acceptors (Lipinski definition) is 3. The maximum atomic E-state index is 12.2. The van der Waals surface area contributed by atoms with E-state index in [1.807, 2.05) is 25.1 Å². The molecule has 0 aliphatic carbocycles. The molecule has 18 heavy (non-hydrogen) atoms. The van der Waals surface area contributed by atoms with Gasteiger partial charge in [0.05, 0.1) is 7.11 Å². The molecule has 0 aliphatic heterocycles. The predicted molar refractivity (Wildman–Crippen MR) is 77.0 cm³/mol. The topological polar surface area (TPSA) is 52.3 Å². The minimum absolute atomic E-state index is 0.199. The number of nitrogens with two attached hydrogens (primary N) is 1. The molecular weight excluding hydrogens is 246 g/mol. The SMILES string of the molecule is COc1cc(CS(=O)C(C)C(C)C)ccc1CN. The maximum Gasteiger partial charge on any atom is 0.123 e. The number of methoxy groups -OCH3 is 1. The van der Waals surface area contributed by atoms with Crippen LogP contribution in [0.2, 0.25) is 0 Å². The van der Waals surface area contributed by atoms with Crippen molar-refractivity contribution in [2.45, 2.75) is 38.3 Å². The first-order valence-corrected chi connectivity index (χ1v) is 7.60. The average Bonchev–Trinajstić information content (AvgIpc) is 2.37. The van der Waals surface area contributed by atoms with Crippen molar-refractivity contribution in [2.24, 2.45) is 11.7 Å². The largest absolute Gasteiger partial charge is 0.496 e.